The summed E-state index contributed by atoms with van der Waals surface area (Å²) < 4.78 is 2.38. The molecule has 0 atom stereocenters. The van der Waals surface area contributed by atoms with Crippen molar-refractivity contribution in [3.63, 3.8) is 0 Å². The predicted octanol–water partition coefficient (Wildman–Crippen LogP) is 14.4. The first-order valence-electron chi connectivity index (χ1n) is 18.7. The Labute approximate surface area is 313 Å². The molecule has 0 aliphatic carbocycles. The van der Waals surface area contributed by atoms with Crippen LogP contribution in [0.1, 0.15) is 44.5 Å². The average molecular weight is 683 g/mol. The molecule has 0 aliphatic heterocycles. The summed E-state index contributed by atoms with van der Waals surface area (Å²) in [5, 5.41) is 7.82. The number of hydrogen-bond acceptors (Lipinski definition) is 0. The number of rotatable bonds is 4. The highest BCUT2D eigenvalue weighted by Crippen LogP contribution is 2.50. The Morgan fingerprint density at radius 1 is 0.358 bits per heavy atom. The van der Waals surface area contributed by atoms with Crippen molar-refractivity contribution in [2.75, 3.05) is 0 Å². The monoisotopic (exact) mass is 682 g/mol. The maximum absolute atomic E-state index is 4.81. The van der Waals surface area contributed by atoms with Crippen molar-refractivity contribution < 1.29 is 0 Å². The Hall–Kier alpha value is -6.05. The van der Waals surface area contributed by atoms with Crippen LogP contribution in [0.2, 0.25) is 0 Å². The van der Waals surface area contributed by atoms with Gasteiger partial charge < -0.3 is 4.57 Å². The molecular formula is C52H44N+. The van der Waals surface area contributed by atoms with E-state index in [0.717, 1.165) is 5.56 Å². The summed E-state index contributed by atoms with van der Waals surface area (Å²) in [6.07, 6.45) is 0. The quantitative estimate of drug-likeness (QED) is 0.129. The zero-order chi connectivity index (χ0) is 36.7. The highest BCUT2D eigenvalue weighted by atomic mass is 15.0. The van der Waals surface area contributed by atoms with Crippen LogP contribution in [0.25, 0.3) is 82.4 Å². The first-order chi connectivity index (χ1) is 25.7. The van der Waals surface area contributed by atoms with Gasteiger partial charge in [0.2, 0.25) is 0 Å². The zero-order valence-corrected chi connectivity index (χ0v) is 31.8. The molecule has 53 heavy (non-hydrogen) atoms. The summed E-state index contributed by atoms with van der Waals surface area (Å²) in [5.41, 5.74) is 21.6. The smallest absolute Gasteiger partial charge is 0.138 e. The van der Waals surface area contributed by atoms with Gasteiger partial charge in [0, 0.05) is 46.8 Å². The van der Waals surface area contributed by atoms with Gasteiger partial charge in [-0.05, 0) is 127 Å². The standard InChI is InChI=1S/C52H44N/c1-30-32(3)36(7)49-47(34(30)5)51(39-17-11-9-12-18-39)48-35(6)31(2)33(4)37(8)50(48)52(49)40-25-23-38(24-26-40)41-27-28-46-44(29-41)43-21-15-16-22-45(43)53(46)42-19-13-10-14-20-42/h9-29H,7H2,1-6,8H3/q+1. The highest BCUT2D eigenvalue weighted by molar-refractivity contribution is 6.25. The summed E-state index contributed by atoms with van der Waals surface area (Å²) in [6, 6.07) is 46.7. The molecule has 8 aromatic carbocycles. The largest absolute Gasteiger partial charge is 0.309 e. The predicted molar refractivity (Wildman–Crippen MR) is 230 cm³/mol. The molecule has 1 aromatic heterocycles. The lowest BCUT2D eigenvalue weighted by molar-refractivity contribution is 1.18. The third-order valence-corrected chi connectivity index (χ3v) is 12.4. The van der Waals surface area contributed by atoms with Crippen molar-refractivity contribution in [2.24, 2.45) is 0 Å². The van der Waals surface area contributed by atoms with E-state index in [1.54, 1.807) is 0 Å². The Kier molecular flexibility index (Phi) is 7.61. The third kappa shape index (κ3) is 4.80. The number of benzene rings is 8. The SMILES string of the molecule is [CH2+]c1c(C)c(C)c(C)c2c(-c3ccccc3)c3c(C)c(C)c(C)c(C)c3c(-c3ccc(-c4ccc5c(c4)c4ccccc4n5-c4ccccc4)cc3)c12. The number of para-hydroxylation sites is 2. The first kappa shape index (κ1) is 32.8. The van der Waals surface area contributed by atoms with Crippen molar-refractivity contribution in [1.29, 1.82) is 0 Å². The van der Waals surface area contributed by atoms with Crippen LogP contribution in [0.15, 0.2) is 127 Å². The Morgan fingerprint density at radius 3 is 1.45 bits per heavy atom. The van der Waals surface area contributed by atoms with Gasteiger partial charge in [-0.25, -0.2) is 0 Å². The second-order valence-corrected chi connectivity index (χ2v) is 15.0. The molecular weight excluding hydrogens is 639 g/mol. The molecule has 0 bridgehead atoms. The Morgan fingerprint density at radius 2 is 0.811 bits per heavy atom. The normalized spacial score (nSPS) is 11.8. The minimum atomic E-state index is 1.12. The third-order valence-electron chi connectivity index (χ3n) is 12.4. The van der Waals surface area contributed by atoms with Crippen molar-refractivity contribution in [1.82, 2.24) is 4.57 Å². The van der Waals surface area contributed by atoms with E-state index >= 15 is 0 Å². The summed E-state index contributed by atoms with van der Waals surface area (Å²) >= 11 is 0. The van der Waals surface area contributed by atoms with Gasteiger partial charge in [0.05, 0.1) is 27.5 Å². The number of fused-ring (bicyclic) bond motifs is 5. The van der Waals surface area contributed by atoms with Gasteiger partial charge >= 0.3 is 0 Å². The van der Waals surface area contributed by atoms with Gasteiger partial charge in [0.25, 0.3) is 0 Å². The number of aryl methyl sites for hydroxylation is 3. The first-order valence-corrected chi connectivity index (χ1v) is 18.7. The van der Waals surface area contributed by atoms with E-state index in [0.29, 0.717) is 0 Å². The minimum absolute atomic E-state index is 1.12. The van der Waals surface area contributed by atoms with E-state index in [9.17, 15) is 0 Å². The van der Waals surface area contributed by atoms with Crippen LogP contribution in [0.5, 0.6) is 0 Å². The molecule has 0 amide bonds. The Bertz CT molecular complexity index is 2840. The fourth-order valence-electron chi connectivity index (χ4n) is 9.02. The van der Waals surface area contributed by atoms with E-state index < -0.39 is 0 Å². The van der Waals surface area contributed by atoms with E-state index in [2.05, 4.69) is 180 Å². The highest BCUT2D eigenvalue weighted by Gasteiger charge is 2.29. The fraction of sp³-hybridized carbons (Fsp3) is 0.135. The van der Waals surface area contributed by atoms with E-state index in [4.69, 9.17) is 6.92 Å². The van der Waals surface area contributed by atoms with Crippen LogP contribution < -0.4 is 0 Å². The molecule has 9 rings (SSSR count). The van der Waals surface area contributed by atoms with E-state index in [-0.39, 0.29) is 0 Å². The van der Waals surface area contributed by atoms with Crippen LogP contribution >= 0.6 is 0 Å². The molecule has 0 saturated carbocycles. The van der Waals surface area contributed by atoms with Crippen molar-refractivity contribution >= 4 is 43.4 Å². The molecule has 0 spiro atoms. The molecule has 0 unspecified atom stereocenters. The van der Waals surface area contributed by atoms with Crippen LogP contribution in [0, 0.1) is 55.4 Å². The van der Waals surface area contributed by atoms with Crippen molar-refractivity contribution in [3.05, 3.63) is 179 Å². The maximum atomic E-state index is 4.81. The number of nitrogens with zero attached hydrogens (tertiary/aromatic N) is 1. The molecule has 1 heteroatoms. The Balaban J connectivity index is 1.32. The second kappa shape index (κ2) is 12.3. The maximum Gasteiger partial charge on any atom is 0.138 e. The lowest BCUT2D eigenvalue weighted by Gasteiger charge is -2.24. The molecule has 0 fully saturated rings. The molecule has 0 saturated heterocycles. The van der Waals surface area contributed by atoms with Crippen molar-refractivity contribution in [2.45, 2.75) is 48.5 Å². The van der Waals surface area contributed by atoms with Crippen LogP contribution in [-0.2, 0) is 0 Å². The summed E-state index contributed by atoms with van der Waals surface area (Å²) in [5.74, 6) is 0. The van der Waals surface area contributed by atoms with Gasteiger partial charge in [-0.1, -0.05) is 97.1 Å². The van der Waals surface area contributed by atoms with Crippen LogP contribution in [0.3, 0.4) is 0 Å². The van der Waals surface area contributed by atoms with Crippen LogP contribution in [0.4, 0.5) is 0 Å². The fourth-order valence-corrected chi connectivity index (χ4v) is 9.02. The topological polar surface area (TPSA) is 4.93 Å². The molecule has 1 nitrogen and oxygen atoms in total. The summed E-state index contributed by atoms with van der Waals surface area (Å²) in [6.45, 7) is 20.8. The molecule has 1 heterocycles. The van der Waals surface area contributed by atoms with Gasteiger partial charge in [-0.15, -0.1) is 0 Å². The van der Waals surface area contributed by atoms with Crippen molar-refractivity contribution in [3.8, 4) is 39.1 Å². The van der Waals surface area contributed by atoms with Gasteiger partial charge in [-0.2, -0.15) is 0 Å². The summed E-state index contributed by atoms with van der Waals surface area (Å²) in [4.78, 5) is 0. The minimum Gasteiger partial charge on any atom is -0.309 e. The van der Waals surface area contributed by atoms with Gasteiger partial charge in [-0.3, -0.25) is 0 Å². The lowest BCUT2D eigenvalue weighted by Crippen LogP contribution is -2.03. The van der Waals surface area contributed by atoms with Crippen LogP contribution in [-0.4, -0.2) is 4.57 Å². The molecule has 0 radical (unpaired) electrons. The molecule has 256 valence electrons. The lowest BCUT2D eigenvalue weighted by atomic mass is 9.76. The van der Waals surface area contributed by atoms with Gasteiger partial charge in [0.15, 0.2) is 0 Å². The second-order valence-electron chi connectivity index (χ2n) is 15.0. The van der Waals surface area contributed by atoms with Gasteiger partial charge in [0.1, 0.15) is 10.9 Å². The molecule has 0 aliphatic rings. The number of hydrogen-bond donors (Lipinski definition) is 0. The number of aromatic nitrogens is 1. The molecule has 0 N–H and O–H groups in total. The average Bonchev–Trinajstić information content (AvgIpc) is 3.54. The van der Waals surface area contributed by atoms with E-state index in [1.807, 2.05) is 0 Å². The summed E-state index contributed by atoms with van der Waals surface area (Å²) in [7, 11) is 0. The van der Waals surface area contributed by atoms with E-state index in [1.165, 1.54) is 121 Å². The molecule has 9 aromatic rings. The zero-order valence-electron chi connectivity index (χ0n) is 31.8.